The van der Waals surface area contributed by atoms with E-state index in [4.69, 9.17) is 39.2 Å². The second-order valence-corrected chi connectivity index (χ2v) is 10.2. The van der Waals surface area contributed by atoms with E-state index in [1.807, 2.05) is 35.2 Å². The van der Waals surface area contributed by atoms with Crippen LogP contribution in [0.25, 0.3) is 17.4 Å². The summed E-state index contributed by atoms with van der Waals surface area (Å²) >= 11 is 18.3. The Morgan fingerprint density at radius 3 is 2.26 bits per heavy atom. The van der Waals surface area contributed by atoms with Crippen molar-refractivity contribution < 1.29 is 14.0 Å². The molecule has 9 heteroatoms. The summed E-state index contributed by atoms with van der Waals surface area (Å²) in [5.74, 6) is 0.806. The second-order valence-electron chi connectivity index (χ2n) is 8.96. The van der Waals surface area contributed by atoms with Gasteiger partial charge in [-0.2, -0.15) is 0 Å². The van der Waals surface area contributed by atoms with Gasteiger partial charge in [0.15, 0.2) is 0 Å². The van der Waals surface area contributed by atoms with Gasteiger partial charge in [0.2, 0.25) is 5.91 Å². The van der Waals surface area contributed by atoms with E-state index in [9.17, 15) is 9.59 Å². The summed E-state index contributed by atoms with van der Waals surface area (Å²) in [6.07, 6.45) is 3.00. The molecule has 0 saturated carbocycles. The lowest BCUT2D eigenvalue weighted by molar-refractivity contribution is -0.111. The maximum absolute atomic E-state index is 12.7. The molecule has 1 aromatic heterocycles. The Morgan fingerprint density at radius 1 is 0.821 bits per heavy atom. The van der Waals surface area contributed by atoms with E-state index in [1.165, 1.54) is 6.08 Å². The van der Waals surface area contributed by atoms with Gasteiger partial charge >= 0.3 is 0 Å². The number of hydrogen-bond donors (Lipinski definition) is 1. The third-order valence-corrected chi connectivity index (χ3v) is 7.47. The fourth-order valence-corrected chi connectivity index (χ4v) is 4.84. The first kappa shape index (κ1) is 26.9. The number of halogens is 3. The number of amides is 2. The van der Waals surface area contributed by atoms with Gasteiger partial charge in [-0.25, -0.2) is 0 Å². The van der Waals surface area contributed by atoms with Crippen LogP contribution in [0, 0.1) is 0 Å². The number of furan rings is 1. The zero-order valence-electron chi connectivity index (χ0n) is 20.7. The normalized spacial score (nSPS) is 13.6. The predicted molar refractivity (Wildman–Crippen MR) is 158 cm³/mol. The van der Waals surface area contributed by atoms with Crippen LogP contribution in [0.1, 0.15) is 16.1 Å². The zero-order valence-corrected chi connectivity index (χ0v) is 23.0. The summed E-state index contributed by atoms with van der Waals surface area (Å²) in [6, 6.07) is 23.5. The Bertz CT molecular complexity index is 1510. The molecule has 2 heterocycles. The summed E-state index contributed by atoms with van der Waals surface area (Å²) in [5, 5.41) is 4.32. The number of nitrogens with zero attached hydrogens (tertiary/aromatic N) is 2. The van der Waals surface area contributed by atoms with Gasteiger partial charge in [0.1, 0.15) is 11.5 Å². The van der Waals surface area contributed by atoms with Crippen LogP contribution in [-0.2, 0) is 4.79 Å². The molecule has 1 fully saturated rings. The van der Waals surface area contributed by atoms with E-state index >= 15 is 0 Å². The largest absolute Gasteiger partial charge is 0.457 e. The topological polar surface area (TPSA) is 65.8 Å². The summed E-state index contributed by atoms with van der Waals surface area (Å²) in [4.78, 5) is 29.3. The molecule has 0 spiro atoms. The molecule has 3 aromatic carbocycles. The standard InChI is InChI=1S/C30H24Cl3N3O3/c31-21-6-4-20(5-7-21)30(38)36-18-16-35(17-19-36)23-10-8-22(9-11-23)34-28(37)15-13-24-12-14-27(39-24)25-2-1-3-26(32)29(25)33/h1-15H,16-19H2,(H,34,37). The molecule has 1 aliphatic rings. The SMILES string of the molecule is O=C(C=Cc1ccc(-c2cccc(Cl)c2Cl)o1)Nc1ccc(N2CCN(C(=O)c3ccc(Cl)cc3)CC2)cc1. The highest BCUT2D eigenvalue weighted by atomic mass is 35.5. The highest BCUT2D eigenvalue weighted by Crippen LogP contribution is 2.34. The van der Waals surface area contributed by atoms with Gasteiger partial charge in [-0.15, -0.1) is 0 Å². The highest BCUT2D eigenvalue weighted by molar-refractivity contribution is 6.43. The highest BCUT2D eigenvalue weighted by Gasteiger charge is 2.22. The van der Waals surface area contributed by atoms with Crippen molar-refractivity contribution >= 4 is 64.1 Å². The monoisotopic (exact) mass is 579 g/mol. The molecular weight excluding hydrogens is 557 g/mol. The Morgan fingerprint density at radius 2 is 1.54 bits per heavy atom. The first-order valence-electron chi connectivity index (χ1n) is 12.3. The summed E-state index contributed by atoms with van der Waals surface area (Å²) in [6.45, 7) is 2.70. The molecule has 0 atom stereocenters. The van der Waals surface area contributed by atoms with Gasteiger partial charge in [0, 0.05) is 59.8 Å². The van der Waals surface area contributed by atoms with Gasteiger partial charge in [0.25, 0.3) is 5.91 Å². The number of benzene rings is 3. The Balaban J connectivity index is 1.13. The maximum atomic E-state index is 12.7. The molecule has 0 bridgehead atoms. The van der Waals surface area contributed by atoms with E-state index in [-0.39, 0.29) is 11.8 Å². The lowest BCUT2D eigenvalue weighted by atomic mass is 10.1. The number of nitrogens with one attached hydrogen (secondary N) is 1. The minimum Gasteiger partial charge on any atom is -0.457 e. The van der Waals surface area contributed by atoms with Gasteiger partial charge in [-0.1, -0.05) is 40.9 Å². The lowest BCUT2D eigenvalue weighted by Crippen LogP contribution is -2.48. The van der Waals surface area contributed by atoms with E-state index < -0.39 is 0 Å². The minimum atomic E-state index is -0.282. The van der Waals surface area contributed by atoms with Crippen LogP contribution >= 0.6 is 34.8 Å². The quantitative estimate of drug-likeness (QED) is 0.240. The molecule has 1 aliphatic heterocycles. The summed E-state index contributed by atoms with van der Waals surface area (Å²) in [7, 11) is 0. The van der Waals surface area contributed by atoms with Gasteiger partial charge in [0.05, 0.1) is 10.0 Å². The average molecular weight is 581 g/mol. The van der Waals surface area contributed by atoms with Crippen molar-refractivity contribution in [3.8, 4) is 11.3 Å². The number of rotatable bonds is 6. The molecule has 6 nitrogen and oxygen atoms in total. The molecule has 5 rings (SSSR count). The Labute approximate surface area is 241 Å². The summed E-state index contributed by atoms with van der Waals surface area (Å²) < 4.78 is 5.80. The molecule has 0 aliphatic carbocycles. The Hall–Kier alpha value is -3.71. The van der Waals surface area contributed by atoms with Crippen LogP contribution in [0.15, 0.2) is 89.4 Å². The first-order valence-corrected chi connectivity index (χ1v) is 13.4. The predicted octanol–water partition coefficient (Wildman–Crippen LogP) is 7.52. The maximum Gasteiger partial charge on any atom is 0.253 e. The molecule has 1 saturated heterocycles. The Kier molecular flexibility index (Phi) is 8.27. The molecule has 2 amide bonds. The van der Waals surface area contributed by atoms with Crippen LogP contribution in [0.4, 0.5) is 11.4 Å². The van der Waals surface area contributed by atoms with Gasteiger partial charge in [-0.3, -0.25) is 9.59 Å². The molecule has 0 radical (unpaired) electrons. The molecular formula is C30H24Cl3N3O3. The second kappa shape index (κ2) is 12.0. The number of hydrogen-bond acceptors (Lipinski definition) is 4. The van der Waals surface area contributed by atoms with Crippen molar-refractivity contribution in [3.63, 3.8) is 0 Å². The molecule has 39 heavy (non-hydrogen) atoms. The van der Waals surface area contributed by atoms with Crippen molar-refractivity contribution in [2.24, 2.45) is 0 Å². The average Bonchev–Trinajstić information content (AvgIpc) is 3.43. The fraction of sp³-hybridized carbons (Fsp3) is 0.133. The molecule has 0 unspecified atom stereocenters. The number of piperazine rings is 1. The van der Waals surface area contributed by atoms with Crippen LogP contribution in [0.3, 0.4) is 0 Å². The van der Waals surface area contributed by atoms with Crippen molar-refractivity contribution in [3.05, 3.63) is 111 Å². The van der Waals surface area contributed by atoms with E-state index in [0.29, 0.717) is 56.5 Å². The van der Waals surface area contributed by atoms with E-state index in [1.54, 1.807) is 54.6 Å². The molecule has 1 N–H and O–H groups in total. The lowest BCUT2D eigenvalue weighted by Gasteiger charge is -2.36. The van der Waals surface area contributed by atoms with Gasteiger partial charge < -0.3 is 19.5 Å². The van der Waals surface area contributed by atoms with Crippen LogP contribution in [0.5, 0.6) is 0 Å². The molecule has 4 aromatic rings. The first-order chi connectivity index (χ1) is 18.9. The smallest absolute Gasteiger partial charge is 0.253 e. The third-order valence-electron chi connectivity index (χ3n) is 6.40. The number of carbonyl (C=O) groups excluding carboxylic acids is 2. The van der Waals surface area contributed by atoms with Crippen LogP contribution in [0.2, 0.25) is 15.1 Å². The van der Waals surface area contributed by atoms with Crippen molar-refractivity contribution in [1.82, 2.24) is 4.90 Å². The summed E-state index contributed by atoms with van der Waals surface area (Å²) in [5.41, 5.74) is 3.03. The van der Waals surface area contributed by atoms with Crippen molar-refractivity contribution in [2.45, 2.75) is 0 Å². The minimum absolute atomic E-state index is 0.0106. The number of carbonyl (C=O) groups is 2. The van der Waals surface area contributed by atoms with Crippen molar-refractivity contribution in [2.75, 3.05) is 36.4 Å². The zero-order chi connectivity index (χ0) is 27.4. The fourth-order valence-electron chi connectivity index (χ4n) is 4.32. The van der Waals surface area contributed by atoms with Crippen LogP contribution < -0.4 is 10.2 Å². The number of anilines is 2. The van der Waals surface area contributed by atoms with Gasteiger partial charge in [-0.05, 0) is 78.9 Å². The van der Waals surface area contributed by atoms with Crippen molar-refractivity contribution in [1.29, 1.82) is 0 Å². The third kappa shape index (κ3) is 6.48. The molecule has 198 valence electrons. The van der Waals surface area contributed by atoms with E-state index in [0.717, 1.165) is 18.8 Å². The van der Waals surface area contributed by atoms with E-state index in [2.05, 4.69) is 10.2 Å². The van der Waals surface area contributed by atoms with Crippen LogP contribution in [-0.4, -0.2) is 42.9 Å².